The van der Waals surface area contributed by atoms with Gasteiger partial charge in [0.2, 0.25) is 0 Å². The van der Waals surface area contributed by atoms with E-state index in [9.17, 15) is 9.59 Å². The van der Waals surface area contributed by atoms with Crippen LogP contribution < -0.4 is 5.48 Å². The lowest BCUT2D eigenvalue weighted by atomic mass is 10.1. The van der Waals surface area contributed by atoms with Crippen molar-refractivity contribution in [2.45, 2.75) is 106 Å². The van der Waals surface area contributed by atoms with Crippen LogP contribution >= 0.6 is 23.5 Å². The lowest BCUT2D eigenvalue weighted by molar-refractivity contribution is -0.142. The Morgan fingerprint density at radius 1 is 0.865 bits per heavy atom. The first-order chi connectivity index (χ1) is 17.9. The summed E-state index contributed by atoms with van der Waals surface area (Å²) in [5.74, 6) is -0.466. The molecule has 0 saturated heterocycles. The molecule has 0 saturated carbocycles. The minimum absolute atomic E-state index is 0.119. The number of nitrogens with zero attached hydrogens (tertiary/aromatic N) is 4. The van der Waals surface area contributed by atoms with Gasteiger partial charge in [0.05, 0.1) is 11.9 Å². The first kappa shape index (κ1) is 33.0. The molecule has 1 amide bonds. The van der Waals surface area contributed by atoms with Gasteiger partial charge in [0.15, 0.2) is 10.3 Å². The quantitative estimate of drug-likeness (QED) is 0.0832. The van der Waals surface area contributed by atoms with Crippen molar-refractivity contribution in [3.63, 3.8) is 0 Å². The van der Waals surface area contributed by atoms with Crippen LogP contribution in [0.3, 0.4) is 0 Å². The van der Waals surface area contributed by atoms with Gasteiger partial charge in [0.1, 0.15) is 5.25 Å². The van der Waals surface area contributed by atoms with E-state index in [-0.39, 0.29) is 22.4 Å². The Hall–Kier alpha value is -1.98. The minimum Gasteiger partial charge on any atom is -0.465 e. The van der Waals surface area contributed by atoms with Crippen molar-refractivity contribution >= 4 is 35.4 Å². The third-order valence-electron chi connectivity index (χ3n) is 5.64. The van der Waals surface area contributed by atoms with Gasteiger partial charge in [0.25, 0.3) is 5.91 Å². The van der Waals surface area contributed by atoms with Crippen LogP contribution in [0.15, 0.2) is 35.1 Å². The van der Waals surface area contributed by atoms with Gasteiger partial charge < -0.3 is 13.9 Å². The summed E-state index contributed by atoms with van der Waals surface area (Å²) in [6.45, 7) is 6.62. The number of carbonyl (C=O) groups excluding carboxylic acids is 2. The molecule has 2 N–H and O–H groups in total. The molecular formula is C26H45N5O4S2. The Morgan fingerprint density at radius 2 is 1.35 bits per heavy atom. The number of imidazole rings is 2. The zero-order valence-electron chi connectivity index (χ0n) is 23.0. The van der Waals surface area contributed by atoms with Gasteiger partial charge in [0, 0.05) is 38.9 Å². The number of carbonyl (C=O) groups is 2. The maximum Gasteiger partial charge on any atom is 0.319 e. The standard InChI is InChI=1S/C14H24N2O2S.C12H21N3O2S/c1-4-6-7-8-9-12(13(17)18-5-2)19-14-15-10-11-16(14)3;1-3-4-5-6-7-10(11(16)14-17)18-12-13-8-9-15(12)2/h10-12H,4-9H2,1-3H3;8-10,17H,3-7H2,1-2H3,(H,14,16). The number of rotatable bonds is 17. The number of aromatic nitrogens is 4. The van der Waals surface area contributed by atoms with Crippen molar-refractivity contribution in [3.8, 4) is 0 Å². The van der Waals surface area contributed by atoms with Crippen molar-refractivity contribution in [1.82, 2.24) is 24.6 Å². The van der Waals surface area contributed by atoms with Gasteiger partial charge in [-0.1, -0.05) is 88.7 Å². The van der Waals surface area contributed by atoms with E-state index in [1.165, 1.54) is 55.6 Å². The number of thioether (sulfide) groups is 2. The van der Waals surface area contributed by atoms with Crippen molar-refractivity contribution in [2.24, 2.45) is 14.1 Å². The molecule has 0 bridgehead atoms. The average molecular weight is 556 g/mol. The molecule has 2 rings (SSSR count). The first-order valence-corrected chi connectivity index (χ1v) is 15.0. The van der Waals surface area contributed by atoms with E-state index in [0.717, 1.165) is 42.4 Å². The van der Waals surface area contributed by atoms with E-state index in [2.05, 4.69) is 23.8 Å². The summed E-state index contributed by atoms with van der Waals surface area (Å²) in [5, 5.41) is 10.0. The summed E-state index contributed by atoms with van der Waals surface area (Å²) in [5.41, 5.74) is 1.74. The molecule has 2 aromatic rings. The lowest BCUT2D eigenvalue weighted by Crippen LogP contribution is -2.30. The highest BCUT2D eigenvalue weighted by Gasteiger charge is 2.23. The molecular weight excluding hydrogens is 510 g/mol. The van der Waals surface area contributed by atoms with Gasteiger partial charge in [-0.2, -0.15) is 0 Å². The summed E-state index contributed by atoms with van der Waals surface area (Å²) < 4.78 is 8.96. The Bertz CT molecular complexity index is 890. The first-order valence-electron chi connectivity index (χ1n) is 13.3. The molecule has 0 radical (unpaired) electrons. The predicted octanol–water partition coefficient (Wildman–Crippen LogP) is 5.77. The fraction of sp³-hybridized carbons (Fsp3) is 0.692. The van der Waals surface area contributed by atoms with Crippen LogP contribution in [0.5, 0.6) is 0 Å². The van der Waals surface area contributed by atoms with Crippen LogP contribution in [0.2, 0.25) is 0 Å². The van der Waals surface area contributed by atoms with Gasteiger partial charge in [-0.15, -0.1) is 0 Å². The second kappa shape index (κ2) is 20.0. The molecule has 210 valence electrons. The zero-order chi connectivity index (χ0) is 27.5. The van der Waals surface area contributed by atoms with E-state index in [0.29, 0.717) is 6.61 Å². The fourth-order valence-electron chi connectivity index (χ4n) is 3.47. The van der Waals surface area contributed by atoms with Crippen LogP contribution in [0.4, 0.5) is 0 Å². The predicted molar refractivity (Wildman–Crippen MR) is 150 cm³/mol. The second-order valence-corrected chi connectivity index (χ2v) is 11.1. The summed E-state index contributed by atoms with van der Waals surface area (Å²) >= 11 is 2.90. The molecule has 0 fully saturated rings. The average Bonchev–Trinajstić information content (AvgIpc) is 3.49. The maximum atomic E-state index is 12.0. The van der Waals surface area contributed by atoms with Gasteiger partial charge in [-0.3, -0.25) is 14.8 Å². The molecule has 0 aliphatic heterocycles. The molecule has 2 atom stereocenters. The van der Waals surface area contributed by atoms with Gasteiger partial charge in [-0.05, 0) is 19.8 Å². The molecule has 0 aliphatic carbocycles. The van der Waals surface area contributed by atoms with Crippen LogP contribution in [0, 0.1) is 0 Å². The van der Waals surface area contributed by atoms with Crippen molar-refractivity contribution in [2.75, 3.05) is 6.61 Å². The summed E-state index contributed by atoms with van der Waals surface area (Å²) in [4.78, 5) is 32.0. The Kier molecular flexibility index (Phi) is 17.9. The van der Waals surface area contributed by atoms with Crippen molar-refractivity contribution in [1.29, 1.82) is 0 Å². The van der Waals surface area contributed by atoms with Gasteiger partial charge >= 0.3 is 5.97 Å². The number of amides is 1. The fourth-order valence-corrected chi connectivity index (χ4v) is 5.57. The zero-order valence-corrected chi connectivity index (χ0v) is 24.7. The third-order valence-corrected chi connectivity index (χ3v) is 8.30. The van der Waals surface area contributed by atoms with E-state index in [4.69, 9.17) is 9.94 Å². The number of hydrogen-bond donors (Lipinski definition) is 2. The third kappa shape index (κ3) is 13.4. The van der Waals surface area contributed by atoms with Crippen LogP contribution in [0.25, 0.3) is 0 Å². The highest BCUT2D eigenvalue weighted by molar-refractivity contribution is 8.00. The molecule has 2 unspecified atom stereocenters. The van der Waals surface area contributed by atoms with Crippen molar-refractivity contribution < 1.29 is 19.5 Å². The summed E-state index contributed by atoms with van der Waals surface area (Å²) in [6, 6.07) is 0. The highest BCUT2D eigenvalue weighted by Crippen LogP contribution is 2.27. The Morgan fingerprint density at radius 3 is 1.76 bits per heavy atom. The lowest BCUT2D eigenvalue weighted by Gasteiger charge is -2.14. The van der Waals surface area contributed by atoms with E-state index in [1.54, 1.807) is 17.9 Å². The highest BCUT2D eigenvalue weighted by atomic mass is 32.2. The molecule has 2 heterocycles. The number of hydroxylamine groups is 1. The van der Waals surface area contributed by atoms with E-state index < -0.39 is 0 Å². The smallest absolute Gasteiger partial charge is 0.319 e. The number of unbranched alkanes of at least 4 members (excludes halogenated alkanes) is 6. The summed E-state index contributed by atoms with van der Waals surface area (Å²) in [6.07, 6.45) is 17.9. The molecule has 37 heavy (non-hydrogen) atoms. The molecule has 9 nitrogen and oxygen atoms in total. The van der Waals surface area contributed by atoms with Gasteiger partial charge in [-0.25, -0.2) is 15.4 Å². The summed E-state index contributed by atoms with van der Waals surface area (Å²) in [7, 11) is 3.83. The number of esters is 1. The van der Waals surface area contributed by atoms with E-state index in [1.807, 2.05) is 42.5 Å². The van der Waals surface area contributed by atoms with Crippen LogP contribution in [0.1, 0.15) is 85.0 Å². The monoisotopic (exact) mass is 555 g/mol. The topological polar surface area (TPSA) is 111 Å². The number of hydrogen-bond acceptors (Lipinski definition) is 8. The Labute approximate surface area is 230 Å². The number of ether oxygens (including phenoxy) is 1. The minimum atomic E-state index is -0.348. The second-order valence-electron chi connectivity index (χ2n) is 8.78. The molecule has 0 aromatic carbocycles. The van der Waals surface area contributed by atoms with E-state index >= 15 is 0 Å². The molecule has 0 spiro atoms. The molecule has 11 heteroatoms. The number of nitrogens with one attached hydrogen (secondary N) is 1. The SMILES string of the molecule is CCCCCCC(Sc1nccn1C)C(=O)NO.CCCCCCC(Sc1nccn1C)C(=O)OCC. The largest absolute Gasteiger partial charge is 0.465 e. The normalized spacial score (nSPS) is 12.4. The number of aryl methyl sites for hydroxylation is 2. The molecule has 0 aliphatic rings. The van der Waals surface area contributed by atoms with Crippen LogP contribution in [-0.4, -0.2) is 53.3 Å². The maximum absolute atomic E-state index is 12.0. The Balaban J connectivity index is 0.000000371. The molecule has 2 aromatic heterocycles. The van der Waals surface area contributed by atoms with Crippen LogP contribution in [-0.2, 0) is 28.4 Å². The van der Waals surface area contributed by atoms with Crippen molar-refractivity contribution in [3.05, 3.63) is 24.8 Å².